The monoisotopic (exact) mass is 279 g/mol. The predicted molar refractivity (Wildman–Crippen MR) is 73.6 cm³/mol. The van der Waals surface area contributed by atoms with Crippen molar-refractivity contribution >= 4 is 11.9 Å². The molecule has 1 aromatic rings. The Labute approximate surface area is 118 Å². The second kappa shape index (κ2) is 6.59. The molecule has 20 heavy (non-hydrogen) atoms. The third kappa shape index (κ3) is 3.40. The number of furan rings is 1. The van der Waals surface area contributed by atoms with Crippen LogP contribution >= 0.6 is 0 Å². The molecular weight excluding hydrogens is 258 g/mol. The third-order valence-electron chi connectivity index (χ3n) is 3.80. The van der Waals surface area contributed by atoms with Crippen LogP contribution in [0.3, 0.4) is 0 Å². The Morgan fingerprint density at radius 3 is 2.85 bits per heavy atom. The first-order valence-electron chi connectivity index (χ1n) is 7.23. The Hall–Kier alpha value is -1.78. The molecule has 110 valence electrons. The molecule has 1 aromatic heterocycles. The van der Waals surface area contributed by atoms with Crippen molar-refractivity contribution in [2.45, 2.75) is 51.5 Å². The van der Waals surface area contributed by atoms with E-state index in [4.69, 9.17) is 9.52 Å². The molecule has 1 atom stereocenters. The van der Waals surface area contributed by atoms with Crippen molar-refractivity contribution in [3.8, 4) is 0 Å². The molecule has 1 amide bonds. The first kappa shape index (κ1) is 14.6. The molecule has 0 bridgehead atoms. The van der Waals surface area contributed by atoms with Gasteiger partial charge in [0.2, 0.25) is 0 Å². The Morgan fingerprint density at radius 1 is 1.40 bits per heavy atom. The van der Waals surface area contributed by atoms with Crippen LogP contribution in [0.2, 0.25) is 0 Å². The summed E-state index contributed by atoms with van der Waals surface area (Å²) in [4.78, 5) is 25.0. The molecule has 0 radical (unpaired) electrons. The van der Waals surface area contributed by atoms with Gasteiger partial charge in [0, 0.05) is 25.4 Å². The number of carboxylic acid groups (broad SMARTS) is 1. The lowest BCUT2D eigenvalue weighted by Gasteiger charge is -2.35. The van der Waals surface area contributed by atoms with Crippen LogP contribution in [0, 0.1) is 0 Å². The van der Waals surface area contributed by atoms with Gasteiger partial charge in [-0.2, -0.15) is 0 Å². The number of carboxylic acids is 1. The summed E-state index contributed by atoms with van der Waals surface area (Å²) < 4.78 is 5.51. The van der Waals surface area contributed by atoms with E-state index >= 15 is 0 Å². The van der Waals surface area contributed by atoms with E-state index in [1.807, 2.05) is 13.0 Å². The highest BCUT2D eigenvalue weighted by Gasteiger charge is 2.29. The summed E-state index contributed by atoms with van der Waals surface area (Å²) in [5, 5.41) is 8.80. The van der Waals surface area contributed by atoms with E-state index in [0.29, 0.717) is 18.7 Å². The molecule has 5 heteroatoms. The Kier molecular flexibility index (Phi) is 4.82. The molecule has 2 heterocycles. The van der Waals surface area contributed by atoms with Gasteiger partial charge in [0.1, 0.15) is 5.76 Å². The van der Waals surface area contributed by atoms with E-state index < -0.39 is 5.97 Å². The van der Waals surface area contributed by atoms with Crippen molar-refractivity contribution in [1.82, 2.24) is 4.90 Å². The lowest BCUT2D eigenvalue weighted by molar-refractivity contribution is -0.137. The maximum absolute atomic E-state index is 12.5. The highest BCUT2D eigenvalue weighted by Crippen LogP contribution is 2.23. The number of likely N-dealkylation sites (tertiary alicyclic amines) is 1. The topological polar surface area (TPSA) is 70.8 Å². The number of aryl methyl sites for hydroxylation is 1. The fourth-order valence-corrected chi connectivity index (χ4v) is 2.68. The zero-order chi connectivity index (χ0) is 14.5. The van der Waals surface area contributed by atoms with Gasteiger partial charge in [0.15, 0.2) is 5.76 Å². The maximum Gasteiger partial charge on any atom is 0.303 e. The number of carbonyl (C=O) groups excluding carboxylic acids is 1. The average molecular weight is 279 g/mol. The largest absolute Gasteiger partial charge is 0.481 e. The van der Waals surface area contributed by atoms with Crippen molar-refractivity contribution in [3.05, 3.63) is 23.7 Å². The van der Waals surface area contributed by atoms with Gasteiger partial charge < -0.3 is 14.4 Å². The van der Waals surface area contributed by atoms with Crippen LogP contribution in [0.15, 0.2) is 16.5 Å². The number of carbonyl (C=O) groups is 2. The van der Waals surface area contributed by atoms with Crippen molar-refractivity contribution in [2.75, 3.05) is 6.54 Å². The summed E-state index contributed by atoms with van der Waals surface area (Å²) in [7, 11) is 0. The van der Waals surface area contributed by atoms with Crippen molar-refractivity contribution in [1.29, 1.82) is 0 Å². The van der Waals surface area contributed by atoms with E-state index in [-0.39, 0.29) is 18.4 Å². The molecule has 0 spiro atoms. The molecule has 0 aliphatic carbocycles. The first-order valence-corrected chi connectivity index (χ1v) is 7.23. The van der Waals surface area contributed by atoms with Crippen LogP contribution in [0.1, 0.15) is 55.3 Å². The molecule has 1 fully saturated rings. The van der Waals surface area contributed by atoms with Gasteiger partial charge in [-0.05, 0) is 37.8 Å². The molecule has 2 rings (SSSR count). The Balaban J connectivity index is 2.06. The van der Waals surface area contributed by atoms with Crippen molar-refractivity contribution < 1.29 is 19.1 Å². The predicted octanol–water partition coefficient (Wildman–Crippen LogP) is 2.70. The number of hydrogen-bond acceptors (Lipinski definition) is 3. The highest BCUT2D eigenvalue weighted by atomic mass is 16.4. The second-order valence-corrected chi connectivity index (χ2v) is 5.20. The van der Waals surface area contributed by atoms with E-state index in [0.717, 1.165) is 31.4 Å². The summed E-state index contributed by atoms with van der Waals surface area (Å²) in [5.74, 6) is 0.241. The Morgan fingerprint density at radius 2 is 2.20 bits per heavy atom. The maximum atomic E-state index is 12.5. The normalized spacial score (nSPS) is 19.1. The molecule has 5 nitrogen and oxygen atoms in total. The summed E-state index contributed by atoms with van der Waals surface area (Å²) in [6, 6.07) is 3.55. The third-order valence-corrected chi connectivity index (χ3v) is 3.80. The lowest BCUT2D eigenvalue weighted by atomic mass is 9.97. The fraction of sp³-hybridized carbons (Fsp3) is 0.600. The van der Waals surface area contributed by atoms with Crippen molar-refractivity contribution in [2.24, 2.45) is 0 Å². The zero-order valence-electron chi connectivity index (χ0n) is 11.8. The zero-order valence-corrected chi connectivity index (χ0v) is 11.8. The standard InChI is InChI=1S/C15H21NO4/c1-2-12-7-8-13(20-12)15(19)16-10-4-3-5-11(16)6-9-14(17)18/h7-8,11H,2-6,9-10H2,1H3,(H,17,18)/t11-/m0/s1. The molecule has 0 aromatic carbocycles. The lowest BCUT2D eigenvalue weighted by Crippen LogP contribution is -2.43. The van der Waals surface area contributed by atoms with E-state index in [1.165, 1.54) is 0 Å². The first-order chi connectivity index (χ1) is 9.61. The number of rotatable bonds is 5. The van der Waals surface area contributed by atoms with E-state index in [2.05, 4.69) is 0 Å². The van der Waals surface area contributed by atoms with Crippen LogP contribution in [0.25, 0.3) is 0 Å². The summed E-state index contributed by atoms with van der Waals surface area (Å²) >= 11 is 0. The quantitative estimate of drug-likeness (QED) is 0.899. The number of hydrogen-bond donors (Lipinski definition) is 1. The van der Waals surface area contributed by atoms with Crippen LogP contribution in [0.4, 0.5) is 0 Å². The number of amides is 1. The van der Waals surface area contributed by atoms with Gasteiger partial charge in [-0.25, -0.2) is 0 Å². The summed E-state index contributed by atoms with van der Waals surface area (Å²) in [6.07, 6.45) is 4.27. The molecule has 0 unspecified atom stereocenters. The van der Waals surface area contributed by atoms with Crippen LogP contribution < -0.4 is 0 Å². The molecule has 1 aliphatic heterocycles. The second-order valence-electron chi connectivity index (χ2n) is 5.20. The Bertz CT molecular complexity index is 480. The SMILES string of the molecule is CCc1ccc(C(=O)N2CCCC[C@H]2CCC(=O)O)o1. The van der Waals surface area contributed by atoms with Gasteiger partial charge in [-0.1, -0.05) is 6.92 Å². The number of piperidine rings is 1. The van der Waals surface area contributed by atoms with E-state index in [9.17, 15) is 9.59 Å². The van der Waals surface area contributed by atoms with Gasteiger partial charge >= 0.3 is 5.97 Å². The molecular formula is C15H21NO4. The van der Waals surface area contributed by atoms with Crippen LogP contribution in [-0.2, 0) is 11.2 Å². The van der Waals surface area contributed by atoms with Gasteiger partial charge in [0.05, 0.1) is 0 Å². The van der Waals surface area contributed by atoms with Gasteiger partial charge in [-0.15, -0.1) is 0 Å². The average Bonchev–Trinajstić information content (AvgIpc) is 2.93. The molecule has 1 saturated heterocycles. The number of nitrogens with zero attached hydrogens (tertiary/aromatic N) is 1. The smallest absolute Gasteiger partial charge is 0.303 e. The number of aliphatic carboxylic acids is 1. The minimum atomic E-state index is -0.811. The fourth-order valence-electron chi connectivity index (χ4n) is 2.68. The highest BCUT2D eigenvalue weighted by molar-refractivity contribution is 5.91. The minimum Gasteiger partial charge on any atom is -0.481 e. The van der Waals surface area contributed by atoms with Crippen LogP contribution in [-0.4, -0.2) is 34.5 Å². The molecule has 1 aliphatic rings. The van der Waals surface area contributed by atoms with E-state index in [1.54, 1.807) is 11.0 Å². The summed E-state index contributed by atoms with van der Waals surface area (Å²) in [6.45, 7) is 2.66. The molecule has 0 saturated carbocycles. The van der Waals surface area contributed by atoms with Gasteiger partial charge in [-0.3, -0.25) is 9.59 Å². The van der Waals surface area contributed by atoms with Crippen molar-refractivity contribution in [3.63, 3.8) is 0 Å². The van der Waals surface area contributed by atoms with Crippen LogP contribution in [0.5, 0.6) is 0 Å². The molecule has 1 N–H and O–H groups in total. The summed E-state index contributed by atoms with van der Waals surface area (Å²) in [5.41, 5.74) is 0. The van der Waals surface area contributed by atoms with Gasteiger partial charge in [0.25, 0.3) is 5.91 Å². The minimum absolute atomic E-state index is 0.0162.